The molecule has 4 heteroatoms. The number of halogens is 1. The highest BCUT2D eigenvalue weighted by atomic mass is 35.5. The predicted molar refractivity (Wildman–Crippen MR) is 184 cm³/mol. The number of hydrogen-bond donors (Lipinski definition) is 0. The van der Waals surface area contributed by atoms with Crippen molar-refractivity contribution in [1.82, 2.24) is 4.57 Å². The van der Waals surface area contributed by atoms with Crippen molar-refractivity contribution in [3.8, 4) is 0 Å². The molecule has 5 aromatic carbocycles. The summed E-state index contributed by atoms with van der Waals surface area (Å²) in [4.78, 5) is 0. The number of hydrogen-bond acceptors (Lipinski definition) is 1. The first kappa shape index (κ1) is 29.2. The van der Waals surface area contributed by atoms with Crippen LogP contribution >= 0.6 is 11.6 Å². The minimum absolute atomic E-state index is 0.0175. The lowest BCUT2D eigenvalue weighted by Gasteiger charge is -2.43. The molecule has 1 aromatic heterocycles. The van der Waals surface area contributed by atoms with Crippen LogP contribution in [0.4, 0.5) is 0 Å². The zero-order chi connectivity index (χ0) is 29.9. The fourth-order valence-corrected chi connectivity index (χ4v) is 11.3. The maximum atomic E-state index is 7.34. The van der Waals surface area contributed by atoms with Crippen LogP contribution in [0.3, 0.4) is 0 Å². The molecule has 0 fully saturated rings. The number of aromatic nitrogens is 1. The summed E-state index contributed by atoms with van der Waals surface area (Å²) >= 11 is 6.52. The summed E-state index contributed by atoms with van der Waals surface area (Å²) in [5.74, 6) is 0. The average Bonchev–Trinajstić information content (AvgIpc) is 3.37. The summed E-state index contributed by atoms with van der Waals surface area (Å²) in [6, 6.07) is 51.9. The first-order valence-electron chi connectivity index (χ1n) is 15.0. The molecule has 1 heterocycles. The van der Waals surface area contributed by atoms with Gasteiger partial charge < -0.3 is 8.99 Å². The molecule has 0 unspecified atom stereocenters. The van der Waals surface area contributed by atoms with Gasteiger partial charge in [0.2, 0.25) is 0 Å². The van der Waals surface area contributed by atoms with E-state index in [0.29, 0.717) is 6.61 Å². The second kappa shape index (κ2) is 12.4. The molecule has 0 spiro atoms. The van der Waals surface area contributed by atoms with Gasteiger partial charge >= 0.3 is 0 Å². The Morgan fingerprint density at radius 3 is 1.63 bits per heavy atom. The van der Waals surface area contributed by atoms with Crippen LogP contribution in [0, 0.1) is 0 Å². The molecule has 0 aliphatic heterocycles. The van der Waals surface area contributed by atoms with Crippen molar-refractivity contribution in [3.63, 3.8) is 0 Å². The van der Waals surface area contributed by atoms with Gasteiger partial charge in [-0.15, -0.1) is 0 Å². The Balaban J connectivity index is 1.46. The topological polar surface area (TPSA) is 14.2 Å². The highest BCUT2D eigenvalue weighted by molar-refractivity contribution is 6.99. The van der Waals surface area contributed by atoms with Crippen LogP contribution < -0.4 is 10.4 Å². The fraction of sp³-hybridized carbons (Fsp3) is 0.179. The van der Waals surface area contributed by atoms with Crippen LogP contribution in [-0.4, -0.2) is 19.5 Å². The quantitative estimate of drug-likeness (QED) is 0.151. The van der Waals surface area contributed by atoms with E-state index in [1.807, 2.05) is 6.07 Å². The molecule has 0 atom stereocenters. The van der Waals surface area contributed by atoms with E-state index in [1.165, 1.54) is 32.7 Å². The first-order chi connectivity index (χ1) is 20.9. The van der Waals surface area contributed by atoms with Crippen LogP contribution in [0.15, 0.2) is 146 Å². The van der Waals surface area contributed by atoms with E-state index in [4.69, 9.17) is 16.0 Å². The molecule has 6 rings (SSSR count). The Bertz CT molecular complexity index is 1700. The minimum Gasteiger partial charge on any atom is -0.407 e. The van der Waals surface area contributed by atoms with Crippen molar-refractivity contribution in [2.45, 2.75) is 38.3 Å². The maximum Gasteiger partial charge on any atom is 0.261 e. The smallest absolute Gasteiger partial charge is 0.261 e. The number of benzene rings is 5. The van der Waals surface area contributed by atoms with E-state index in [-0.39, 0.29) is 11.1 Å². The zero-order valence-electron chi connectivity index (χ0n) is 25.1. The molecule has 0 bridgehead atoms. The Hall–Kier alpha value is -3.89. The standard InChI is InChI=1S/C39H38ClNOSi/c1-39(2,3)43(35-20-12-6-13-21-35,36-22-14-7-15-23-36)42-27-26-34-29-32-28-33(40)24-25-37(32)41(34)38(30-16-8-4-9-17-30)31-18-10-5-11-19-31/h4-25,28-29,38H,26-27H2,1-3H3. The van der Waals surface area contributed by atoms with Crippen molar-refractivity contribution in [2.75, 3.05) is 6.61 Å². The Kier molecular flexibility index (Phi) is 8.40. The average molecular weight is 600 g/mol. The van der Waals surface area contributed by atoms with Gasteiger partial charge in [-0.3, -0.25) is 0 Å². The molecule has 0 saturated heterocycles. The lowest BCUT2D eigenvalue weighted by Crippen LogP contribution is -2.66. The molecule has 0 amide bonds. The fourth-order valence-electron chi connectivity index (χ4n) is 6.59. The van der Waals surface area contributed by atoms with E-state index in [0.717, 1.165) is 16.8 Å². The van der Waals surface area contributed by atoms with Gasteiger partial charge in [-0.1, -0.05) is 154 Å². The van der Waals surface area contributed by atoms with Gasteiger partial charge in [-0.2, -0.15) is 0 Å². The highest BCUT2D eigenvalue weighted by Crippen LogP contribution is 2.38. The van der Waals surface area contributed by atoms with Gasteiger partial charge in [0.15, 0.2) is 0 Å². The van der Waals surface area contributed by atoms with Crippen molar-refractivity contribution in [3.05, 3.63) is 167 Å². The monoisotopic (exact) mass is 599 g/mol. The van der Waals surface area contributed by atoms with Crippen LogP contribution in [0.5, 0.6) is 0 Å². The van der Waals surface area contributed by atoms with Crippen LogP contribution in [0.25, 0.3) is 10.9 Å². The molecule has 0 aliphatic rings. The summed E-state index contributed by atoms with van der Waals surface area (Å²) in [5, 5.41) is 4.41. The Morgan fingerprint density at radius 1 is 0.651 bits per heavy atom. The summed E-state index contributed by atoms with van der Waals surface area (Å²) < 4.78 is 9.83. The van der Waals surface area contributed by atoms with Crippen molar-refractivity contribution < 1.29 is 4.43 Å². The van der Waals surface area contributed by atoms with E-state index in [9.17, 15) is 0 Å². The third-order valence-electron chi connectivity index (χ3n) is 8.46. The highest BCUT2D eigenvalue weighted by Gasteiger charge is 2.50. The first-order valence-corrected chi connectivity index (χ1v) is 17.3. The Morgan fingerprint density at radius 2 is 1.14 bits per heavy atom. The van der Waals surface area contributed by atoms with Gasteiger partial charge in [-0.25, -0.2) is 0 Å². The zero-order valence-corrected chi connectivity index (χ0v) is 26.8. The van der Waals surface area contributed by atoms with E-state index in [1.54, 1.807) is 0 Å². The molecule has 0 N–H and O–H groups in total. The van der Waals surface area contributed by atoms with Gasteiger partial charge in [0.25, 0.3) is 8.32 Å². The van der Waals surface area contributed by atoms with Gasteiger partial charge in [0, 0.05) is 34.6 Å². The third kappa shape index (κ3) is 5.73. The molecule has 2 nitrogen and oxygen atoms in total. The lowest BCUT2D eigenvalue weighted by atomic mass is 9.98. The van der Waals surface area contributed by atoms with E-state index in [2.05, 4.69) is 165 Å². The second-order valence-corrected chi connectivity index (χ2v) is 16.9. The number of rotatable bonds is 9. The summed E-state index contributed by atoms with van der Waals surface area (Å²) in [6.45, 7) is 7.60. The third-order valence-corrected chi connectivity index (χ3v) is 13.7. The molecular weight excluding hydrogens is 562 g/mol. The van der Waals surface area contributed by atoms with E-state index < -0.39 is 8.32 Å². The van der Waals surface area contributed by atoms with Crippen molar-refractivity contribution in [1.29, 1.82) is 0 Å². The molecule has 0 aliphatic carbocycles. The van der Waals surface area contributed by atoms with Crippen LogP contribution in [0.1, 0.15) is 43.6 Å². The molecular formula is C39H38ClNOSi. The summed E-state index contributed by atoms with van der Waals surface area (Å²) in [5.41, 5.74) is 4.89. The van der Waals surface area contributed by atoms with Crippen molar-refractivity contribution >= 4 is 41.2 Å². The van der Waals surface area contributed by atoms with Gasteiger partial charge in [0.05, 0.1) is 6.04 Å². The largest absolute Gasteiger partial charge is 0.407 e. The summed E-state index contributed by atoms with van der Waals surface area (Å²) in [6.07, 6.45) is 0.771. The molecule has 6 aromatic rings. The van der Waals surface area contributed by atoms with E-state index >= 15 is 0 Å². The van der Waals surface area contributed by atoms with Gasteiger partial charge in [-0.05, 0) is 50.8 Å². The molecule has 43 heavy (non-hydrogen) atoms. The van der Waals surface area contributed by atoms with Crippen LogP contribution in [-0.2, 0) is 10.8 Å². The number of nitrogens with zero attached hydrogens (tertiary/aromatic N) is 1. The minimum atomic E-state index is -2.65. The molecule has 0 saturated carbocycles. The maximum absolute atomic E-state index is 7.34. The second-order valence-electron chi connectivity index (χ2n) is 12.2. The van der Waals surface area contributed by atoms with Crippen LogP contribution in [0.2, 0.25) is 10.1 Å². The Labute approximate surface area is 261 Å². The van der Waals surface area contributed by atoms with Crippen molar-refractivity contribution in [2.24, 2.45) is 0 Å². The van der Waals surface area contributed by atoms with Gasteiger partial charge in [0.1, 0.15) is 0 Å². The lowest BCUT2D eigenvalue weighted by molar-refractivity contribution is 0.299. The molecule has 216 valence electrons. The normalized spacial score (nSPS) is 12.2. The summed E-state index contributed by atoms with van der Waals surface area (Å²) in [7, 11) is -2.65. The predicted octanol–water partition coefficient (Wildman–Crippen LogP) is 9.05. The number of fused-ring (bicyclic) bond motifs is 1. The SMILES string of the molecule is CC(C)(C)[Si](OCCc1cc2cc(Cl)ccc2n1C(c1ccccc1)c1ccccc1)(c1ccccc1)c1ccccc1. The molecule has 0 radical (unpaired) electrons.